The maximum Gasteiger partial charge on any atom is -0.0178 e. The van der Waals surface area contributed by atoms with E-state index in [-0.39, 0.29) is 0 Å². The zero-order valence-corrected chi connectivity index (χ0v) is 105. The second kappa shape index (κ2) is 171. The molecule has 0 aromatic heterocycles. The van der Waals surface area contributed by atoms with Crippen molar-refractivity contribution in [2.75, 3.05) is 0 Å². The van der Waals surface area contributed by atoms with Crippen molar-refractivity contribution in [3.63, 3.8) is 0 Å². The van der Waals surface area contributed by atoms with Gasteiger partial charge in [-0.25, -0.2) is 0 Å². The van der Waals surface area contributed by atoms with Gasteiger partial charge in [-0.15, -0.1) is 0 Å². The Labute approximate surface area is 901 Å². The Morgan fingerprint density at radius 2 is 0.0972 bits per heavy atom. The Hall–Kier alpha value is -11.7. The van der Waals surface area contributed by atoms with Crippen LogP contribution in [0.2, 0.25) is 0 Å². The number of rotatable bonds is 0. The van der Waals surface area contributed by atoms with Gasteiger partial charge in [0, 0.05) is 0 Å². The molecular weight excluding hydrogens is 1730 g/mol. The lowest BCUT2D eigenvalue weighted by Gasteiger charge is -2.00. The lowest BCUT2D eigenvalue weighted by Crippen LogP contribution is -1.74. The Morgan fingerprint density at radius 1 is 0.0556 bits per heavy atom. The van der Waals surface area contributed by atoms with Gasteiger partial charge in [-0.3, -0.25) is 0 Å². The molecule has 18 aromatic rings. The van der Waals surface area contributed by atoms with E-state index in [1.54, 1.807) is 0 Å². The Kier molecular flexibility index (Phi) is 207. The minimum atomic E-state index is 1.31. The van der Waals surface area contributed by atoms with E-state index in [0.717, 1.165) is 0 Å². The third-order valence-corrected chi connectivity index (χ3v) is 14.8. The maximum absolute atomic E-state index is 2.24. The Morgan fingerprint density at radius 3 is 0.146 bits per heavy atom. The SMILES string of the molecule is CC.CC.CC.CC.CC.CC.CC.CC.CC.CC.CC.CC.CC.CC.CC.CC.CC.CC.CC.CC.CC.CC.CC.CC.CC.CC.CC.c1ccc2cc3ccccc3cc2c1.c1ccc2cc3ccccc3cc2c1.c1ccc2cc3ccccc3cc2c1.c1ccc2ccccc2c1.c1ccc2ccccc2c1.c1ccc2ccccc2c1.c1ccccc1.c1ccccc1.c1ccccc1. The lowest BCUT2D eigenvalue weighted by molar-refractivity contribution is 1.50. The standard InChI is InChI=1S/3C14H10.3C10H8.3C6H6.27C2H6/c3*1-2-6-12-10-14-8-4-3-7-13(14)9-11(12)5-1;3*1-2-6-10-8-4-3-7-9(10)5-1;3*1-2-4-6-5-3-1;27*1-2/h3*1-10H;3*1-8H;3*1-6H;27*1-2H3. The van der Waals surface area contributed by atoms with Crippen molar-refractivity contribution in [3.8, 4) is 0 Å². The number of fused-ring (bicyclic) bond motifs is 9. The topological polar surface area (TPSA) is 0 Å². The first kappa shape index (κ1) is 175. The van der Waals surface area contributed by atoms with E-state index < -0.39 is 0 Å². The van der Waals surface area contributed by atoms with Crippen LogP contribution in [0, 0.1) is 0 Å². The molecule has 0 aliphatic carbocycles. The highest BCUT2D eigenvalue weighted by atomic mass is 14.0. The predicted octanol–water partition coefficient (Wildman–Crippen LogP) is 53.3. The van der Waals surface area contributed by atoms with E-state index in [4.69, 9.17) is 0 Å². The van der Waals surface area contributed by atoms with Gasteiger partial charge in [0.05, 0.1) is 0 Å². The van der Waals surface area contributed by atoms with Crippen LogP contribution in [0.5, 0.6) is 0 Å². The summed E-state index contributed by atoms with van der Waals surface area (Å²) in [6.07, 6.45) is 0. The largest absolute Gasteiger partial charge is 0.0683 e. The summed E-state index contributed by atoms with van der Waals surface area (Å²) in [5.41, 5.74) is 0. The molecule has 0 fully saturated rings. The average Bonchev–Trinajstić information content (AvgIpc) is 0.807. The van der Waals surface area contributed by atoms with E-state index in [2.05, 4.69) is 328 Å². The molecule has 810 valence electrons. The first-order valence-electron chi connectivity index (χ1n) is 57.6. The lowest BCUT2D eigenvalue weighted by atomic mass is 10.0. The molecule has 0 aliphatic heterocycles. The van der Waals surface area contributed by atoms with Crippen LogP contribution in [-0.4, -0.2) is 0 Å². The van der Waals surface area contributed by atoms with Crippen molar-refractivity contribution >= 4 is 97.0 Å². The van der Waals surface area contributed by atoms with Crippen LogP contribution in [0.1, 0.15) is 374 Å². The Bertz CT molecular complexity index is 3920. The van der Waals surface area contributed by atoms with Gasteiger partial charge in [-0.1, -0.05) is 774 Å². The van der Waals surface area contributed by atoms with Gasteiger partial charge in [0.2, 0.25) is 0 Å². The van der Waals surface area contributed by atoms with E-state index in [9.17, 15) is 0 Å². The summed E-state index contributed by atoms with van der Waals surface area (Å²) in [5, 5.41) is 23.6. The zero-order valence-electron chi connectivity index (χ0n) is 105. The molecular formula is C144H234. The summed E-state index contributed by atoms with van der Waals surface area (Å²) in [6, 6.07) is 150. The first-order chi connectivity index (χ1) is 71.7. The molecule has 0 unspecified atom stereocenters. The molecule has 0 spiro atoms. The third kappa shape index (κ3) is 96.4. The van der Waals surface area contributed by atoms with Gasteiger partial charge in [0.15, 0.2) is 0 Å². The normalized spacial score (nSPS) is 7.38. The monoisotopic (exact) mass is 1960 g/mol. The molecule has 0 N–H and O–H groups in total. The van der Waals surface area contributed by atoms with Crippen molar-refractivity contribution in [1.82, 2.24) is 0 Å². The fraction of sp³-hybridized carbons (Fsp3) is 0.375. The molecule has 0 radical (unpaired) electrons. The highest BCUT2D eigenvalue weighted by Gasteiger charge is 1.99. The number of benzene rings is 18. The average molecular weight is 1970 g/mol. The molecule has 0 heteroatoms. The van der Waals surface area contributed by atoms with Crippen molar-refractivity contribution < 1.29 is 0 Å². The predicted molar refractivity (Wildman–Crippen MR) is 702 cm³/mol. The summed E-state index contributed by atoms with van der Waals surface area (Å²) in [5.74, 6) is 0. The minimum Gasteiger partial charge on any atom is -0.0683 e. The second-order valence-electron chi connectivity index (χ2n) is 21.1. The van der Waals surface area contributed by atoms with Crippen LogP contribution in [0.4, 0.5) is 0 Å². The molecule has 0 saturated heterocycles. The zero-order chi connectivity index (χ0) is 115. The molecule has 18 aromatic carbocycles. The van der Waals surface area contributed by atoms with Gasteiger partial charge in [0.25, 0.3) is 0 Å². The molecule has 0 nitrogen and oxygen atoms in total. The highest BCUT2D eigenvalue weighted by Crippen LogP contribution is 2.25. The molecule has 0 heterocycles. The molecule has 0 bridgehead atoms. The molecule has 18 rings (SSSR count). The minimum absolute atomic E-state index is 1.31. The van der Waals surface area contributed by atoms with E-state index in [1.807, 2.05) is 483 Å². The Balaban J connectivity index is -0.0000000737. The second-order valence-corrected chi connectivity index (χ2v) is 21.1. The van der Waals surface area contributed by atoms with Crippen LogP contribution in [0.15, 0.2) is 437 Å². The van der Waals surface area contributed by atoms with Gasteiger partial charge >= 0.3 is 0 Å². The summed E-state index contributed by atoms with van der Waals surface area (Å²) < 4.78 is 0. The summed E-state index contributed by atoms with van der Waals surface area (Å²) in [4.78, 5) is 0. The van der Waals surface area contributed by atoms with Gasteiger partial charge in [-0.2, -0.15) is 0 Å². The van der Waals surface area contributed by atoms with Gasteiger partial charge in [-0.05, 0) is 133 Å². The van der Waals surface area contributed by atoms with Gasteiger partial charge < -0.3 is 0 Å². The molecule has 0 amide bonds. The summed E-state index contributed by atoms with van der Waals surface area (Å²) >= 11 is 0. The van der Waals surface area contributed by atoms with Crippen LogP contribution in [0.25, 0.3) is 97.0 Å². The van der Waals surface area contributed by atoms with Crippen LogP contribution in [-0.2, 0) is 0 Å². The first-order valence-corrected chi connectivity index (χ1v) is 57.6. The molecule has 0 saturated carbocycles. The summed E-state index contributed by atoms with van der Waals surface area (Å²) in [6.45, 7) is 108. The molecule has 0 atom stereocenters. The fourth-order valence-electron chi connectivity index (χ4n) is 10.2. The smallest absolute Gasteiger partial charge is 0.0178 e. The quantitative estimate of drug-likeness (QED) is 0.133. The van der Waals surface area contributed by atoms with Crippen LogP contribution < -0.4 is 0 Å². The molecule has 144 heavy (non-hydrogen) atoms. The van der Waals surface area contributed by atoms with Crippen molar-refractivity contribution in [2.24, 2.45) is 0 Å². The highest BCUT2D eigenvalue weighted by molar-refractivity contribution is 6.00. The van der Waals surface area contributed by atoms with Gasteiger partial charge in [0.1, 0.15) is 0 Å². The van der Waals surface area contributed by atoms with Crippen LogP contribution >= 0.6 is 0 Å². The van der Waals surface area contributed by atoms with Crippen molar-refractivity contribution in [1.29, 1.82) is 0 Å². The van der Waals surface area contributed by atoms with E-state index in [1.165, 1.54) is 97.0 Å². The fourth-order valence-corrected chi connectivity index (χ4v) is 10.2. The molecule has 0 aliphatic rings. The third-order valence-electron chi connectivity index (χ3n) is 14.8. The summed E-state index contributed by atoms with van der Waals surface area (Å²) in [7, 11) is 0. The van der Waals surface area contributed by atoms with Crippen molar-refractivity contribution in [2.45, 2.75) is 374 Å². The number of hydrogen-bond acceptors (Lipinski definition) is 0. The van der Waals surface area contributed by atoms with E-state index in [0.29, 0.717) is 0 Å². The van der Waals surface area contributed by atoms with E-state index >= 15 is 0 Å². The van der Waals surface area contributed by atoms with Crippen molar-refractivity contribution in [3.05, 3.63) is 437 Å². The number of hydrogen-bond donors (Lipinski definition) is 0. The maximum atomic E-state index is 2.24. The van der Waals surface area contributed by atoms with Crippen LogP contribution in [0.3, 0.4) is 0 Å².